The number of rotatable bonds is 9. The second-order valence-corrected chi connectivity index (χ2v) is 6.87. The number of nitrogens with one attached hydrogen (secondary N) is 2. The molecule has 0 aliphatic rings. The van der Waals surface area contributed by atoms with Crippen LogP contribution in [0.5, 0.6) is 5.75 Å². The van der Waals surface area contributed by atoms with Crippen LogP contribution in [0.3, 0.4) is 0 Å². The number of carbonyl (C=O) groups is 2. The zero-order valence-electron chi connectivity index (χ0n) is 17.5. The molecule has 0 heterocycles. The largest absolute Gasteiger partial charge is 0.491 e. The van der Waals surface area contributed by atoms with E-state index in [1.807, 2.05) is 0 Å². The van der Waals surface area contributed by atoms with E-state index in [1.165, 1.54) is 5.48 Å². The Bertz CT molecular complexity index is 965. The molecule has 0 fully saturated rings. The molecule has 0 unspecified atom stereocenters. The van der Waals surface area contributed by atoms with Crippen LogP contribution in [0.2, 0.25) is 0 Å². The Morgan fingerprint density at radius 3 is 2.44 bits per heavy atom. The van der Waals surface area contributed by atoms with Crippen molar-refractivity contribution in [2.75, 3.05) is 18.5 Å². The lowest BCUT2D eigenvalue weighted by Crippen LogP contribution is -2.24. The second-order valence-electron chi connectivity index (χ2n) is 6.87. The van der Waals surface area contributed by atoms with Crippen molar-refractivity contribution in [2.24, 2.45) is 5.92 Å². The number of hydrogen-bond acceptors (Lipinski definition) is 6. The number of carbonyl (C=O) groups excluding carboxylic acids is 2. The Kier molecular flexibility index (Phi) is 9.11. The first-order chi connectivity index (χ1) is 15.2. The maximum absolute atomic E-state index is 13.9. The number of hydrogen-bond donors (Lipinski definition) is 4. The maximum Gasteiger partial charge on any atom is 0.412 e. The van der Waals surface area contributed by atoms with Gasteiger partial charge < -0.3 is 14.6 Å². The molecule has 2 atom stereocenters. The lowest BCUT2D eigenvalue weighted by molar-refractivity contribution is -0.124. The predicted octanol–water partition coefficient (Wildman–Crippen LogP) is 3.71. The lowest BCUT2D eigenvalue weighted by Gasteiger charge is -2.25. The highest BCUT2D eigenvalue weighted by molar-refractivity contribution is 5.87. The highest BCUT2D eigenvalue weighted by atomic mass is 19.1. The van der Waals surface area contributed by atoms with Crippen LogP contribution >= 0.6 is 0 Å². The number of anilines is 1. The van der Waals surface area contributed by atoms with Crippen molar-refractivity contribution in [1.29, 1.82) is 0 Å². The van der Waals surface area contributed by atoms with Gasteiger partial charge in [0.2, 0.25) is 0 Å². The van der Waals surface area contributed by atoms with Crippen molar-refractivity contribution in [3.63, 3.8) is 0 Å². The normalized spacial score (nSPS) is 13.1. The van der Waals surface area contributed by atoms with Gasteiger partial charge in [-0.15, -0.1) is 0 Å². The summed E-state index contributed by atoms with van der Waals surface area (Å²) in [6.45, 7) is 3.27. The molecule has 0 radical (unpaired) electrons. The monoisotopic (exact) mass is 450 g/mol. The minimum Gasteiger partial charge on any atom is -0.491 e. The molecule has 10 heteroatoms. The molecule has 32 heavy (non-hydrogen) atoms. The van der Waals surface area contributed by atoms with Crippen molar-refractivity contribution in [1.82, 2.24) is 5.48 Å². The topological polar surface area (TPSA) is 117 Å². The third-order valence-electron chi connectivity index (χ3n) is 4.61. The molecule has 8 nitrogen and oxygen atoms in total. The van der Waals surface area contributed by atoms with Crippen LogP contribution in [0.25, 0.3) is 0 Å². The first-order valence-electron chi connectivity index (χ1n) is 9.63. The number of amides is 2. The van der Waals surface area contributed by atoms with Crippen molar-refractivity contribution < 1.29 is 38.2 Å². The van der Waals surface area contributed by atoms with Crippen LogP contribution in [0.1, 0.15) is 25.5 Å². The van der Waals surface area contributed by atoms with Gasteiger partial charge in [-0.05, 0) is 36.8 Å². The van der Waals surface area contributed by atoms with E-state index in [0.29, 0.717) is 23.0 Å². The lowest BCUT2D eigenvalue weighted by atomic mass is 9.91. The molecule has 0 saturated heterocycles. The van der Waals surface area contributed by atoms with E-state index in [-0.39, 0.29) is 18.9 Å². The molecule has 0 spiro atoms. The van der Waals surface area contributed by atoms with Crippen LogP contribution in [0, 0.1) is 17.6 Å². The Balaban J connectivity index is 2.27. The van der Waals surface area contributed by atoms with Crippen LogP contribution in [-0.4, -0.2) is 35.5 Å². The number of aliphatic hydroxyl groups excluding tert-OH is 1. The maximum atomic E-state index is 13.9. The summed E-state index contributed by atoms with van der Waals surface area (Å²) in [6, 6.07) is 9.19. The standard InChI is InChI=1S/C22H24F2N2O6/c1-13(11-20(28)26-30)14(2)21(15-3-6-17(7-4-15)31-10-9-27)32-22(29)25-19-8-5-16(23)12-18(19)24/h3-8,11-12,14,21,27,30H,9-10H2,1-2H3,(H,25,29)(H,26,28)/b13-11+/t14-,21-/m0/s1. The third kappa shape index (κ3) is 7.03. The summed E-state index contributed by atoms with van der Waals surface area (Å²) in [5.74, 6) is -2.55. The van der Waals surface area contributed by atoms with E-state index in [2.05, 4.69) is 5.32 Å². The number of hydroxylamine groups is 1. The number of halogens is 2. The van der Waals surface area contributed by atoms with E-state index < -0.39 is 35.7 Å². The SMILES string of the molecule is C/C(=C\C(=O)NO)[C@H](C)[C@H](OC(=O)Nc1ccc(F)cc1F)c1ccc(OCCO)cc1. The molecule has 2 aromatic carbocycles. The summed E-state index contributed by atoms with van der Waals surface area (Å²) in [7, 11) is 0. The van der Waals surface area contributed by atoms with Crippen molar-refractivity contribution >= 4 is 17.7 Å². The predicted molar refractivity (Wildman–Crippen MR) is 111 cm³/mol. The van der Waals surface area contributed by atoms with Crippen molar-refractivity contribution in [3.8, 4) is 5.75 Å². The smallest absolute Gasteiger partial charge is 0.412 e. The fourth-order valence-corrected chi connectivity index (χ4v) is 2.83. The fraction of sp³-hybridized carbons (Fsp3) is 0.273. The average molecular weight is 450 g/mol. The molecule has 2 aromatic rings. The minimum absolute atomic E-state index is 0.111. The van der Waals surface area contributed by atoms with Crippen LogP contribution < -0.4 is 15.5 Å². The molecule has 172 valence electrons. The summed E-state index contributed by atoms with van der Waals surface area (Å²) in [5.41, 5.74) is 2.27. The zero-order chi connectivity index (χ0) is 23.7. The van der Waals surface area contributed by atoms with E-state index >= 15 is 0 Å². The van der Waals surface area contributed by atoms with E-state index in [1.54, 1.807) is 38.1 Å². The highest BCUT2D eigenvalue weighted by Gasteiger charge is 2.26. The first-order valence-corrected chi connectivity index (χ1v) is 9.63. The van der Waals surface area contributed by atoms with Gasteiger partial charge in [-0.3, -0.25) is 15.3 Å². The molecule has 2 amide bonds. The zero-order valence-corrected chi connectivity index (χ0v) is 17.5. The molecular weight excluding hydrogens is 426 g/mol. The highest BCUT2D eigenvalue weighted by Crippen LogP contribution is 2.32. The quantitative estimate of drug-likeness (QED) is 0.263. The summed E-state index contributed by atoms with van der Waals surface area (Å²) in [6.07, 6.45) is -0.752. The van der Waals surface area contributed by atoms with E-state index in [9.17, 15) is 18.4 Å². The molecule has 2 rings (SSSR count). The Morgan fingerprint density at radius 1 is 1.16 bits per heavy atom. The second kappa shape index (κ2) is 11.8. The van der Waals surface area contributed by atoms with Gasteiger partial charge in [0, 0.05) is 18.1 Å². The van der Waals surface area contributed by atoms with Gasteiger partial charge >= 0.3 is 6.09 Å². The first kappa shape index (κ1) is 24.8. The number of ether oxygens (including phenoxy) is 2. The summed E-state index contributed by atoms with van der Waals surface area (Å²) >= 11 is 0. The molecule has 0 aliphatic heterocycles. The number of benzene rings is 2. The summed E-state index contributed by atoms with van der Waals surface area (Å²) in [5, 5.41) is 19.8. The van der Waals surface area contributed by atoms with Gasteiger partial charge in [0.15, 0.2) is 0 Å². The Labute approximate surface area is 183 Å². The van der Waals surface area contributed by atoms with Crippen molar-refractivity contribution in [3.05, 3.63) is 71.3 Å². The average Bonchev–Trinajstić information content (AvgIpc) is 2.77. The molecular formula is C22H24F2N2O6. The van der Waals surface area contributed by atoms with Crippen LogP contribution in [0.4, 0.5) is 19.3 Å². The summed E-state index contributed by atoms with van der Waals surface area (Å²) in [4.78, 5) is 24.0. The third-order valence-corrected chi connectivity index (χ3v) is 4.61. The Hall–Kier alpha value is -3.50. The molecule has 0 aromatic heterocycles. The fourth-order valence-electron chi connectivity index (χ4n) is 2.83. The van der Waals surface area contributed by atoms with Gasteiger partial charge in [-0.25, -0.2) is 19.1 Å². The van der Waals surface area contributed by atoms with Gasteiger partial charge in [-0.2, -0.15) is 0 Å². The van der Waals surface area contributed by atoms with E-state index in [0.717, 1.165) is 18.2 Å². The van der Waals surface area contributed by atoms with Gasteiger partial charge in [-0.1, -0.05) is 24.6 Å². The van der Waals surface area contributed by atoms with Gasteiger partial charge in [0.05, 0.1) is 12.3 Å². The van der Waals surface area contributed by atoms with Crippen molar-refractivity contribution in [2.45, 2.75) is 20.0 Å². The Morgan fingerprint density at radius 2 is 1.84 bits per heavy atom. The van der Waals surface area contributed by atoms with Gasteiger partial charge in [0.25, 0.3) is 5.91 Å². The molecule has 0 aliphatic carbocycles. The summed E-state index contributed by atoms with van der Waals surface area (Å²) < 4.78 is 37.8. The van der Waals surface area contributed by atoms with Gasteiger partial charge in [0.1, 0.15) is 30.1 Å². The molecule has 4 N–H and O–H groups in total. The van der Waals surface area contributed by atoms with Crippen LogP contribution in [-0.2, 0) is 9.53 Å². The van der Waals surface area contributed by atoms with E-state index in [4.69, 9.17) is 19.8 Å². The molecule has 0 saturated carbocycles. The number of aliphatic hydroxyl groups is 1. The van der Waals surface area contributed by atoms with Crippen LogP contribution in [0.15, 0.2) is 54.1 Å². The minimum atomic E-state index is -0.993. The molecule has 0 bridgehead atoms.